The van der Waals surface area contributed by atoms with Gasteiger partial charge in [-0.15, -0.1) is 0 Å². The Balaban J connectivity index is 1.14. The summed E-state index contributed by atoms with van der Waals surface area (Å²) >= 11 is 0. The summed E-state index contributed by atoms with van der Waals surface area (Å²) in [4.78, 5) is 2.25. The number of aromatic nitrogens is 1. The molecule has 0 amide bonds. The molecule has 1 aliphatic carbocycles. The summed E-state index contributed by atoms with van der Waals surface area (Å²) in [6.07, 6.45) is 0. The number of hydrogen-bond donors (Lipinski definition) is 0. The van der Waals surface area contributed by atoms with E-state index in [0.29, 0.717) is 5.69 Å². The van der Waals surface area contributed by atoms with Gasteiger partial charge in [-0.25, -0.2) is 0 Å². The van der Waals surface area contributed by atoms with E-state index in [4.69, 9.17) is 11.0 Å². The van der Waals surface area contributed by atoms with Crippen molar-refractivity contribution in [1.82, 2.24) is 4.57 Å². The number of hydrogen-bond acceptors (Lipinski definition) is 1. The number of benzene rings is 8. The second-order valence-electron chi connectivity index (χ2n) is 11.6. The minimum absolute atomic E-state index is 0.0681. The molecule has 0 radical (unpaired) electrons. The van der Waals surface area contributed by atoms with Crippen molar-refractivity contribution in [3.8, 4) is 27.9 Å². The SMILES string of the molecule is [2H]c1c([2H])c([2H])c2c(c1[2H])c1c([2H])c([2H])c([2H])c([2H])c1n2-c1ccc2cc3c(cc2c1)-c1cc2cc(N(c4ccccc4)c4ccccc4)ccc2cc1-3. The Kier molecular flexibility index (Phi) is 3.92. The molecular weight excluding hydrogens is 556 g/mol. The van der Waals surface area contributed by atoms with Crippen LogP contribution in [0.15, 0.2) is 170 Å². The van der Waals surface area contributed by atoms with Crippen LogP contribution < -0.4 is 4.90 Å². The number of fused-ring (bicyclic) bond motifs is 9. The Bertz CT molecular complexity index is 2970. The van der Waals surface area contributed by atoms with Gasteiger partial charge >= 0.3 is 0 Å². The summed E-state index contributed by atoms with van der Waals surface area (Å²) < 4.78 is 70.5. The van der Waals surface area contributed by atoms with Crippen molar-refractivity contribution in [3.05, 3.63) is 170 Å². The quantitative estimate of drug-likeness (QED) is 0.197. The van der Waals surface area contributed by atoms with Crippen molar-refractivity contribution in [2.24, 2.45) is 0 Å². The first-order valence-electron chi connectivity index (χ1n) is 19.2. The van der Waals surface area contributed by atoms with Crippen molar-refractivity contribution < 1.29 is 11.0 Å². The van der Waals surface area contributed by atoms with Gasteiger partial charge in [-0.1, -0.05) is 84.8 Å². The predicted molar refractivity (Wildman–Crippen MR) is 195 cm³/mol. The molecule has 0 bridgehead atoms. The molecule has 1 aromatic heterocycles. The molecule has 0 atom stereocenters. The van der Waals surface area contributed by atoms with Gasteiger partial charge in [0.05, 0.1) is 22.0 Å². The molecule has 0 unspecified atom stereocenters. The topological polar surface area (TPSA) is 8.17 Å². The van der Waals surface area contributed by atoms with E-state index in [-0.39, 0.29) is 46.0 Å². The third kappa shape index (κ3) is 3.71. The molecule has 10 rings (SSSR count). The van der Waals surface area contributed by atoms with E-state index in [1.165, 1.54) is 5.56 Å². The number of rotatable bonds is 4. The Morgan fingerprint density at radius 3 is 1.46 bits per heavy atom. The maximum atomic E-state index is 8.89. The van der Waals surface area contributed by atoms with E-state index in [0.717, 1.165) is 55.3 Å². The molecule has 0 saturated carbocycles. The minimum atomic E-state index is -0.456. The molecule has 9 aromatic rings. The summed E-state index contributed by atoms with van der Waals surface area (Å²) in [7, 11) is 0. The van der Waals surface area contributed by atoms with Gasteiger partial charge < -0.3 is 9.47 Å². The Labute approximate surface area is 278 Å². The average Bonchev–Trinajstić information content (AvgIpc) is 3.57. The van der Waals surface area contributed by atoms with Gasteiger partial charge in [-0.05, 0) is 129 Å². The van der Waals surface area contributed by atoms with Crippen LogP contribution in [0.4, 0.5) is 17.1 Å². The fourth-order valence-electron chi connectivity index (χ4n) is 6.96. The summed E-state index contributed by atoms with van der Waals surface area (Å²) in [5, 5.41) is 4.25. The van der Waals surface area contributed by atoms with Crippen molar-refractivity contribution in [2.75, 3.05) is 4.90 Å². The van der Waals surface area contributed by atoms with Crippen LogP contribution >= 0.6 is 0 Å². The highest BCUT2D eigenvalue weighted by molar-refractivity contribution is 6.13. The third-order valence-corrected chi connectivity index (χ3v) is 9.08. The van der Waals surface area contributed by atoms with Gasteiger partial charge in [0.2, 0.25) is 0 Å². The first kappa shape index (κ1) is 18.6. The molecule has 46 heavy (non-hydrogen) atoms. The molecule has 0 aliphatic heterocycles. The van der Waals surface area contributed by atoms with Gasteiger partial charge in [0.25, 0.3) is 0 Å². The van der Waals surface area contributed by atoms with Crippen LogP contribution in [0, 0.1) is 0 Å². The van der Waals surface area contributed by atoms with Gasteiger partial charge in [0, 0.05) is 33.5 Å². The standard InChI is InChI=1S/C44H28N2/c1-3-11-33(12-4-1)45(34-13-5-2-6-14-34)35-21-19-29-25-39-40-26-30-20-22-36(24-32(30)28-42(40)41(39)27-31(29)23-35)46-43-17-9-7-15-37(43)38-16-8-10-18-44(38)46/h1-28H/i7D,8D,9D,10D,15D,16D,17D,18D. The largest absolute Gasteiger partial charge is 0.310 e. The van der Waals surface area contributed by atoms with Crippen LogP contribution in [0.2, 0.25) is 0 Å². The lowest BCUT2D eigenvalue weighted by atomic mass is 9.78. The second kappa shape index (κ2) is 9.69. The van der Waals surface area contributed by atoms with E-state index in [1.54, 1.807) is 4.57 Å². The zero-order valence-electron chi connectivity index (χ0n) is 32.4. The Morgan fingerprint density at radius 2 is 0.891 bits per heavy atom. The molecule has 1 heterocycles. The Hall–Kier alpha value is -6.12. The second-order valence-corrected chi connectivity index (χ2v) is 11.6. The molecule has 0 spiro atoms. The summed E-state index contributed by atoms with van der Waals surface area (Å²) in [6, 6.07) is 38.6. The van der Waals surface area contributed by atoms with Gasteiger partial charge in [-0.2, -0.15) is 0 Å². The summed E-state index contributed by atoms with van der Waals surface area (Å²) in [5.74, 6) is 0. The minimum Gasteiger partial charge on any atom is -0.310 e. The van der Waals surface area contributed by atoms with Crippen LogP contribution in [0.5, 0.6) is 0 Å². The summed E-state index contributed by atoms with van der Waals surface area (Å²) in [6.45, 7) is 0. The van der Waals surface area contributed by atoms with E-state index >= 15 is 0 Å². The molecule has 2 nitrogen and oxygen atoms in total. The maximum Gasteiger partial charge on any atom is 0.0645 e. The van der Waals surface area contributed by atoms with Crippen LogP contribution in [-0.4, -0.2) is 4.57 Å². The van der Waals surface area contributed by atoms with Crippen molar-refractivity contribution >= 4 is 60.4 Å². The summed E-state index contributed by atoms with van der Waals surface area (Å²) in [5.41, 5.74) is 8.47. The first-order valence-corrected chi connectivity index (χ1v) is 15.2. The maximum absolute atomic E-state index is 8.89. The normalized spacial score (nSPS) is 14.3. The fourth-order valence-corrected chi connectivity index (χ4v) is 6.96. The lowest BCUT2D eigenvalue weighted by molar-refractivity contribution is 1.19. The molecular formula is C44H28N2. The van der Waals surface area contributed by atoms with Gasteiger partial charge in [0.15, 0.2) is 0 Å². The first-order chi connectivity index (χ1) is 26.1. The van der Waals surface area contributed by atoms with Crippen molar-refractivity contribution in [1.29, 1.82) is 0 Å². The highest BCUT2D eigenvalue weighted by Gasteiger charge is 2.24. The number of anilines is 3. The number of para-hydroxylation sites is 4. The highest BCUT2D eigenvalue weighted by atomic mass is 15.1. The van der Waals surface area contributed by atoms with Crippen LogP contribution in [0.1, 0.15) is 11.0 Å². The smallest absolute Gasteiger partial charge is 0.0645 e. The zero-order chi connectivity index (χ0) is 37.2. The average molecular weight is 593 g/mol. The molecule has 8 aromatic carbocycles. The highest BCUT2D eigenvalue weighted by Crippen LogP contribution is 2.51. The van der Waals surface area contributed by atoms with E-state index < -0.39 is 24.2 Å². The molecule has 1 aliphatic rings. The number of nitrogens with zero attached hydrogens (tertiary/aromatic N) is 2. The third-order valence-electron chi connectivity index (χ3n) is 9.08. The van der Waals surface area contributed by atoms with Crippen molar-refractivity contribution in [2.45, 2.75) is 0 Å². The van der Waals surface area contributed by atoms with E-state index in [2.05, 4.69) is 71.6 Å². The van der Waals surface area contributed by atoms with E-state index in [1.807, 2.05) is 54.6 Å². The molecule has 2 heteroatoms. The van der Waals surface area contributed by atoms with Crippen LogP contribution in [0.25, 0.3) is 71.3 Å². The zero-order valence-corrected chi connectivity index (χ0v) is 24.4. The molecule has 0 N–H and O–H groups in total. The fraction of sp³-hybridized carbons (Fsp3) is 0. The van der Waals surface area contributed by atoms with Crippen LogP contribution in [0.3, 0.4) is 0 Å². The van der Waals surface area contributed by atoms with Crippen molar-refractivity contribution in [3.63, 3.8) is 0 Å². The predicted octanol–water partition coefficient (Wildman–Crippen LogP) is 12.2. The monoisotopic (exact) mass is 592 g/mol. The lowest BCUT2D eigenvalue weighted by Gasteiger charge is -2.28. The lowest BCUT2D eigenvalue weighted by Crippen LogP contribution is -2.09. The molecule has 0 fully saturated rings. The van der Waals surface area contributed by atoms with Gasteiger partial charge in [-0.3, -0.25) is 0 Å². The van der Waals surface area contributed by atoms with Crippen LogP contribution in [-0.2, 0) is 0 Å². The van der Waals surface area contributed by atoms with Gasteiger partial charge in [0.1, 0.15) is 0 Å². The molecule has 214 valence electrons. The molecule has 0 saturated heterocycles. The van der Waals surface area contributed by atoms with E-state index in [9.17, 15) is 0 Å². The Morgan fingerprint density at radius 1 is 0.413 bits per heavy atom.